The third kappa shape index (κ3) is 5.16. The molecule has 180 valence electrons. The topological polar surface area (TPSA) is 95.3 Å². The van der Waals surface area contributed by atoms with Crippen LogP contribution >= 0.6 is 0 Å². The molecule has 0 saturated heterocycles. The molecule has 1 N–H and O–H groups in total. The van der Waals surface area contributed by atoms with Crippen molar-refractivity contribution in [2.24, 2.45) is 0 Å². The second kappa shape index (κ2) is 9.97. The highest BCUT2D eigenvalue weighted by atomic mass is 16.5. The molecular weight excluding hydrogens is 444 g/mol. The SMILES string of the molecule is CCOC(=O)c1cnn(-c2cc(C)c3cccc(C)c3n2)c1NC(=O)COc1cc(C)cc(C)c1. The van der Waals surface area contributed by atoms with Crippen molar-refractivity contribution in [2.75, 3.05) is 18.5 Å². The van der Waals surface area contributed by atoms with Crippen LogP contribution in [0.15, 0.2) is 48.7 Å². The fourth-order valence-electron chi connectivity index (χ4n) is 3.99. The minimum Gasteiger partial charge on any atom is -0.484 e. The van der Waals surface area contributed by atoms with Crippen molar-refractivity contribution in [3.05, 3.63) is 76.5 Å². The molecule has 0 unspecified atom stereocenters. The van der Waals surface area contributed by atoms with Gasteiger partial charge in [0.2, 0.25) is 0 Å². The zero-order valence-corrected chi connectivity index (χ0v) is 20.5. The third-order valence-corrected chi connectivity index (χ3v) is 5.54. The molecule has 8 heteroatoms. The van der Waals surface area contributed by atoms with Gasteiger partial charge in [0.25, 0.3) is 5.91 Å². The maximum absolute atomic E-state index is 12.9. The summed E-state index contributed by atoms with van der Waals surface area (Å²) >= 11 is 0. The number of carbonyl (C=O) groups is 2. The number of nitrogens with zero attached hydrogens (tertiary/aromatic N) is 3. The second-order valence-electron chi connectivity index (χ2n) is 8.47. The smallest absolute Gasteiger partial charge is 0.343 e. The van der Waals surface area contributed by atoms with E-state index in [9.17, 15) is 9.59 Å². The van der Waals surface area contributed by atoms with Gasteiger partial charge in [-0.25, -0.2) is 9.78 Å². The van der Waals surface area contributed by atoms with Gasteiger partial charge in [0.05, 0.1) is 18.3 Å². The summed E-state index contributed by atoms with van der Waals surface area (Å²) in [6.07, 6.45) is 1.37. The van der Waals surface area contributed by atoms with Crippen molar-refractivity contribution < 1.29 is 19.1 Å². The molecule has 2 aromatic heterocycles. The van der Waals surface area contributed by atoms with Crippen molar-refractivity contribution in [3.63, 3.8) is 0 Å². The van der Waals surface area contributed by atoms with Crippen LogP contribution in [0.4, 0.5) is 5.82 Å². The lowest BCUT2D eigenvalue weighted by Gasteiger charge is -2.13. The number of ether oxygens (including phenoxy) is 2. The van der Waals surface area contributed by atoms with Gasteiger partial charge in [-0.3, -0.25) is 4.79 Å². The molecule has 2 aromatic carbocycles. The first-order valence-corrected chi connectivity index (χ1v) is 11.4. The predicted octanol–water partition coefficient (Wildman–Crippen LogP) is 4.85. The summed E-state index contributed by atoms with van der Waals surface area (Å²) in [6.45, 7) is 9.57. The highest BCUT2D eigenvalue weighted by Crippen LogP contribution is 2.26. The van der Waals surface area contributed by atoms with E-state index in [1.165, 1.54) is 10.9 Å². The van der Waals surface area contributed by atoms with Gasteiger partial charge in [-0.2, -0.15) is 9.78 Å². The van der Waals surface area contributed by atoms with Crippen LogP contribution in [0.2, 0.25) is 0 Å². The van der Waals surface area contributed by atoms with E-state index in [4.69, 9.17) is 14.5 Å². The van der Waals surface area contributed by atoms with Gasteiger partial charge in [0.1, 0.15) is 11.3 Å². The number of nitrogens with one attached hydrogen (secondary N) is 1. The van der Waals surface area contributed by atoms with Crippen LogP contribution in [0.25, 0.3) is 16.7 Å². The highest BCUT2D eigenvalue weighted by molar-refractivity contribution is 6.01. The summed E-state index contributed by atoms with van der Waals surface area (Å²) in [5, 5.41) is 8.16. The summed E-state index contributed by atoms with van der Waals surface area (Å²) in [5.74, 6) is 0.227. The number of carbonyl (C=O) groups excluding carboxylic acids is 2. The molecule has 8 nitrogen and oxygen atoms in total. The van der Waals surface area contributed by atoms with Gasteiger partial charge in [-0.05, 0) is 75.1 Å². The molecule has 4 rings (SSSR count). The summed E-state index contributed by atoms with van der Waals surface area (Å²) in [4.78, 5) is 30.2. The number of anilines is 1. The quantitative estimate of drug-likeness (QED) is 0.387. The van der Waals surface area contributed by atoms with Crippen LogP contribution in [0.1, 0.15) is 39.5 Å². The van der Waals surface area contributed by atoms with Gasteiger partial charge in [-0.15, -0.1) is 0 Å². The number of fused-ring (bicyclic) bond motifs is 1. The van der Waals surface area contributed by atoms with E-state index in [1.807, 2.05) is 70.2 Å². The lowest BCUT2D eigenvalue weighted by Crippen LogP contribution is -2.23. The zero-order chi connectivity index (χ0) is 25.1. The molecule has 0 aliphatic rings. The van der Waals surface area contributed by atoms with E-state index in [2.05, 4.69) is 10.4 Å². The molecule has 0 spiro atoms. The minimum absolute atomic E-state index is 0.135. The number of aryl methyl sites for hydroxylation is 4. The molecule has 2 heterocycles. The molecule has 1 amide bonds. The average molecular weight is 473 g/mol. The highest BCUT2D eigenvalue weighted by Gasteiger charge is 2.23. The number of hydrogen-bond donors (Lipinski definition) is 1. The van der Waals surface area contributed by atoms with Gasteiger partial charge >= 0.3 is 5.97 Å². The number of amides is 1. The first-order chi connectivity index (χ1) is 16.8. The van der Waals surface area contributed by atoms with Gasteiger partial charge in [0, 0.05) is 5.39 Å². The standard InChI is InChI=1S/C27H28N4O4/c1-6-34-27(33)22-14-28-31(23-13-19(5)21-9-7-8-18(4)25(21)29-23)26(22)30-24(32)15-35-20-11-16(2)10-17(3)12-20/h7-14H,6,15H2,1-5H3,(H,30,32). The average Bonchev–Trinajstić information content (AvgIpc) is 3.21. The maximum Gasteiger partial charge on any atom is 0.343 e. The lowest BCUT2D eigenvalue weighted by atomic mass is 10.1. The van der Waals surface area contributed by atoms with Crippen molar-refractivity contribution in [1.29, 1.82) is 0 Å². The number of rotatable bonds is 7. The Morgan fingerprint density at radius 2 is 1.74 bits per heavy atom. The number of benzene rings is 2. The van der Waals surface area contributed by atoms with Crippen molar-refractivity contribution in [3.8, 4) is 11.6 Å². The van der Waals surface area contributed by atoms with E-state index in [0.29, 0.717) is 11.6 Å². The molecule has 0 saturated carbocycles. The van der Waals surface area contributed by atoms with Crippen molar-refractivity contribution >= 4 is 28.6 Å². The Bertz CT molecular complexity index is 1400. The van der Waals surface area contributed by atoms with Crippen LogP contribution in [0.5, 0.6) is 5.75 Å². The Kier molecular flexibility index (Phi) is 6.82. The summed E-state index contributed by atoms with van der Waals surface area (Å²) in [5.41, 5.74) is 5.05. The molecule has 35 heavy (non-hydrogen) atoms. The molecule has 0 radical (unpaired) electrons. The molecule has 0 atom stereocenters. The van der Waals surface area contributed by atoms with Crippen LogP contribution in [0, 0.1) is 27.7 Å². The Morgan fingerprint density at radius 1 is 1.00 bits per heavy atom. The molecule has 0 fully saturated rings. The maximum atomic E-state index is 12.9. The Labute approximate surface area is 203 Å². The molecular formula is C27H28N4O4. The monoisotopic (exact) mass is 472 g/mol. The summed E-state index contributed by atoms with van der Waals surface area (Å²) in [7, 11) is 0. The largest absolute Gasteiger partial charge is 0.484 e. The number of para-hydroxylation sites is 1. The van der Waals surface area contributed by atoms with Gasteiger partial charge < -0.3 is 14.8 Å². The molecule has 0 bridgehead atoms. The zero-order valence-electron chi connectivity index (χ0n) is 20.5. The normalized spacial score (nSPS) is 10.9. The molecule has 0 aliphatic heterocycles. The predicted molar refractivity (Wildman–Crippen MR) is 134 cm³/mol. The molecule has 0 aliphatic carbocycles. The van der Waals surface area contributed by atoms with Crippen LogP contribution < -0.4 is 10.1 Å². The van der Waals surface area contributed by atoms with Crippen molar-refractivity contribution in [1.82, 2.24) is 14.8 Å². The van der Waals surface area contributed by atoms with Crippen LogP contribution in [0.3, 0.4) is 0 Å². The number of pyridine rings is 1. The van der Waals surface area contributed by atoms with Gasteiger partial charge in [0.15, 0.2) is 18.2 Å². The van der Waals surface area contributed by atoms with E-state index in [1.54, 1.807) is 6.92 Å². The van der Waals surface area contributed by atoms with E-state index in [-0.39, 0.29) is 24.6 Å². The summed E-state index contributed by atoms with van der Waals surface area (Å²) in [6, 6.07) is 13.6. The second-order valence-corrected chi connectivity index (χ2v) is 8.47. The number of hydrogen-bond acceptors (Lipinski definition) is 6. The van der Waals surface area contributed by atoms with E-state index in [0.717, 1.165) is 33.2 Å². The lowest BCUT2D eigenvalue weighted by molar-refractivity contribution is -0.118. The number of esters is 1. The van der Waals surface area contributed by atoms with Crippen LogP contribution in [-0.2, 0) is 9.53 Å². The number of aromatic nitrogens is 3. The first-order valence-electron chi connectivity index (χ1n) is 11.4. The fourth-order valence-corrected chi connectivity index (χ4v) is 3.99. The van der Waals surface area contributed by atoms with Crippen LogP contribution in [-0.4, -0.2) is 39.9 Å². The Morgan fingerprint density at radius 3 is 2.46 bits per heavy atom. The fraction of sp³-hybridized carbons (Fsp3) is 0.259. The van der Waals surface area contributed by atoms with E-state index >= 15 is 0 Å². The minimum atomic E-state index is -0.585. The van der Waals surface area contributed by atoms with Crippen molar-refractivity contribution in [2.45, 2.75) is 34.6 Å². The summed E-state index contributed by atoms with van der Waals surface area (Å²) < 4.78 is 12.3. The van der Waals surface area contributed by atoms with Gasteiger partial charge in [-0.1, -0.05) is 24.3 Å². The third-order valence-electron chi connectivity index (χ3n) is 5.54. The molecule has 4 aromatic rings. The Hall–Kier alpha value is -4.20. The van der Waals surface area contributed by atoms with E-state index < -0.39 is 11.9 Å². The first kappa shape index (κ1) is 23.9. The Balaban J connectivity index is 1.68.